The molecule has 1 atom stereocenters. The summed E-state index contributed by atoms with van der Waals surface area (Å²) in [6.45, 7) is 2.06. The number of hydrogen-bond acceptors (Lipinski definition) is 3. The van der Waals surface area contributed by atoms with Gasteiger partial charge in [0.25, 0.3) is 5.56 Å². The quantitative estimate of drug-likeness (QED) is 0.413. The largest absolute Gasteiger partial charge is 0.337 e. The summed E-state index contributed by atoms with van der Waals surface area (Å²) in [5, 5.41) is 0. The van der Waals surface area contributed by atoms with E-state index in [9.17, 15) is 14.0 Å². The molecular formula is C26H21FN4O2. The Bertz CT molecular complexity index is 1550. The Morgan fingerprint density at radius 3 is 2.30 bits per heavy atom. The molecule has 0 aliphatic heterocycles. The van der Waals surface area contributed by atoms with Gasteiger partial charge in [-0.15, -0.1) is 0 Å². The highest BCUT2D eigenvalue weighted by Gasteiger charge is 2.22. The van der Waals surface area contributed by atoms with Crippen LogP contribution in [0.1, 0.15) is 24.1 Å². The van der Waals surface area contributed by atoms with Crippen molar-refractivity contribution in [3.8, 4) is 5.69 Å². The number of nitrogens with zero attached hydrogens (tertiary/aromatic N) is 4. The second-order valence-corrected chi connectivity index (χ2v) is 7.89. The Hall–Kier alpha value is -4.26. The van der Waals surface area contributed by atoms with Crippen molar-refractivity contribution in [1.82, 2.24) is 18.7 Å². The first-order valence-corrected chi connectivity index (χ1v) is 10.6. The minimum absolute atomic E-state index is 0.0919. The van der Waals surface area contributed by atoms with E-state index in [-0.39, 0.29) is 23.8 Å². The van der Waals surface area contributed by atoms with Crippen molar-refractivity contribution in [2.75, 3.05) is 0 Å². The van der Waals surface area contributed by atoms with Crippen molar-refractivity contribution < 1.29 is 4.39 Å². The van der Waals surface area contributed by atoms with Crippen LogP contribution in [0.15, 0.2) is 101 Å². The zero-order valence-corrected chi connectivity index (χ0v) is 17.9. The number of benzene rings is 3. The van der Waals surface area contributed by atoms with Crippen molar-refractivity contribution >= 4 is 11.2 Å². The van der Waals surface area contributed by atoms with E-state index in [1.807, 2.05) is 67.6 Å². The molecule has 3 aromatic carbocycles. The first-order chi connectivity index (χ1) is 16.0. The minimum atomic E-state index is -0.570. The van der Waals surface area contributed by atoms with Crippen LogP contribution in [0.4, 0.5) is 4.39 Å². The van der Waals surface area contributed by atoms with Gasteiger partial charge in [-0.25, -0.2) is 18.7 Å². The van der Waals surface area contributed by atoms with Crippen molar-refractivity contribution in [3.63, 3.8) is 0 Å². The summed E-state index contributed by atoms with van der Waals surface area (Å²) in [4.78, 5) is 31.6. The van der Waals surface area contributed by atoms with Gasteiger partial charge in [0.1, 0.15) is 5.82 Å². The third kappa shape index (κ3) is 3.67. The Balaban J connectivity index is 1.81. The minimum Gasteiger partial charge on any atom is -0.317 e. The Labute approximate surface area is 188 Å². The van der Waals surface area contributed by atoms with Crippen LogP contribution >= 0.6 is 0 Å². The lowest BCUT2D eigenvalue weighted by molar-refractivity contribution is 0.623. The van der Waals surface area contributed by atoms with Crippen molar-refractivity contribution in [2.24, 2.45) is 0 Å². The molecular weight excluding hydrogens is 419 g/mol. The van der Waals surface area contributed by atoms with Crippen LogP contribution in [0.3, 0.4) is 0 Å². The van der Waals surface area contributed by atoms with Gasteiger partial charge in [-0.3, -0.25) is 9.36 Å². The summed E-state index contributed by atoms with van der Waals surface area (Å²) in [5.74, 6) is -0.481. The summed E-state index contributed by atoms with van der Waals surface area (Å²) < 4.78 is 18.3. The molecule has 33 heavy (non-hydrogen) atoms. The Kier molecular flexibility index (Phi) is 5.22. The lowest BCUT2D eigenvalue weighted by Crippen LogP contribution is -2.40. The molecule has 0 spiro atoms. The van der Waals surface area contributed by atoms with Crippen LogP contribution in [0.2, 0.25) is 0 Å². The highest BCUT2D eigenvalue weighted by atomic mass is 19.1. The maximum absolute atomic E-state index is 14.1. The number of fused-ring (bicyclic) bond motifs is 1. The van der Waals surface area contributed by atoms with Gasteiger partial charge in [0.05, 0.1) is 24.6 Å². The normalized spacial score (nSPS) is 12.2. The van der Waals surface area contributed by atoms with Gasteiger partial charge in [-0.1, -0.05) is 66.7 Å². The maximum Gasteiger partial charge on any atom is 0.337 e. The highest BCUT2D eigenvalue weighted by molar-refractivity contribution is 5.73. The van der Waals surface area contributed by atoms with Gasteiger partial charge < -0.3 is 4.57 Å². The fourth-order valence-electron chi connectivity index (χ4n) is 4.09. The first-order valence-electron chi connectivity index (χ1n) is 10.6. The summed E-state index contributed by atoms with van der Waals surface area (Å²) in [6, 6.07) is 24.5. The van der Waals surface area contributed by atoms with Gasteiger partial charge in [0.2, 0.25) is 0 Å². The predicted molar refractivity (Wildman–Crippen MR) is 125 cm³/mol. The number of hydrogen-bond donors (Lipinski definition) is 0. The van der Waals surface area contributed by atoms with Crippen LogP contribution in [0, 0.1) is 5.82 Å². The zero-order valence-electron chi connectivity index (χ0n) is 17.9. The zero-order chi connectivity index (χ0) is 22.9. The van der Waals surface area contributed by atoms with E-state index in [2.05, 4.69) is 4.98 Å². The van der Waals surface area contributed by atoms with E-state index in [0.717, 1.165) is 11.1 Å². The molecule has 0 amide bonds. The molecule has 6 nitrogen and oxygen atoms in total. The molecule has 0 aliphatic rings. The lowest BCUT2D eigenvalue weighted by Gasteiger charge is -2.16. The molecule has 1 unspecified atom stereocenters. The highest BCUT2D eigenvalue weighted by Crippen LogP contribution is 2.22. The standard InChI is InChI=1S/C26H21FN4O2/c1-18(20-11-6-3-7-12-20)30-17-28-24-23(30)25(32)29(16-19-9-4-2-5-10-19)26(33)31(24)22-14-8-13-21(27)15-22/h2-15,17-18H,16H2,1H3. The van der Waals surface area contributed by atoms with E-state index in [1.54, 1.807) is 17.0 Å². The molecule has 2 heterocycles. The molecule has 5 rings (SSSR count). The maximum atomic E-state index is 14.1. The molecule has 164 valence electrons. The topological polar surface area (TPSA) is 61.8 Å². The fourth-order valence-corrected chi connectivity index (χ4v) is 4.09. The molecule has 0 saturated heterocycles. The molecule has 0 saturated carbocycles. The number of halogens is 1. The van der Waals surface area contributed by atoms with Gasteiger partial charge in [0, 0.05) is 0 Å². The third-order valence-electron chi connectivity index (χ3n) is 5.81. The summed E-state index contributed by atoms with van der Waals surface area (Å²) >= 11 is 0. The van der Waals surface area contributed by atoms with Gasteiger partial charge in [-0.05, 0) is 36.2 Å². The van der Waals surface area contributed by atoms with Gasteiger partial charge in [-0.2, -0.15) is 0 Å². The van der Waals surface area contributed by atoms with E-state index in [1.165, 1.54) is 27.3 Å². The Morgan fingerprint density at radius 2 is 1.61 bits per heavy atom. The van der Waals surface area contributed by atoms with Crippen LogP contribution < -0.4 is 11.2 Å². The predicted octanol–water partition coefficient (Wildman–Crippen LogP) is 4.15. The average molecular weight is 440 g/mol. The molecule has 0 fully saturated rings. The van der Waals surface area contributed by atoms with Crippen molar-refractivity contribution in [3.05, 3.63) is 129 Å². The average Bonchev–Trinajstić information content (AvgIpc) is 3.27. The summed E-state index contributed by atoms with van der Waals surface area (Å²) in [7, 11) is 0. The molecule has 0 bridgehead atoms. The van der Waals surface area contributed by atoms with Gasteiger partial charge in [0.15, 0.2) is 11.2 Å². The Morgan fingerprint density at radius 1 is 0.909 bits per heavy atom. The smallest absolute Gasteiger partial charge is 0.317 e. The van der Waals surface area contributed by atoms with E-state index < -0.39 is 17.1 Å². The van der Waals surface area contributed by atoms with E-state index >= 15 is 0 Å². The number of imidazole rings is 1. The summed E-state index contributed by atoms with van der Waals surface area (Å²) in [6.07, 6.45) is 1.56. The second-order valence-electron chi connectivity index (χ2n) is 7.89. The monoisotopic (exact) mass is 440 g/mol. The van der Waals surface area contributed by atoms with Crippen LogP contribution in [-0.4, -0.2) is 18.7 Å². The lowest BCUT2D eigenvalue weighted by atomic mass is 10.1. The number of aromatic nitrogens is 4. The van der Waals surface area contributed by atoms with Gasteiger partial charge >= 0.3 is 5.69 Å². The van der Waals surface area contributed by atoms with E-state index in [0.29, 0.717) is 5.69 Å². The molecule has 0 radical (unpaired) electrons. The van der Waals surface area contributed by atoms with Crippen LogP contribution in [0.5, 0.6) is 0 Å². The van der Waals surface area contributed by atoms with Crippen LogP contribution in [0.25, 0.3) is 16.9 Å². The molecule has 2 aromatic heterocycles. The van der Waals surface area contributed by atoms with Crippen molar-refractivity contribution in [2.45, 2.75) is 19.5 Å². The molecule has 0 aliphatic carbocycles. The summed E-state index contributed by atoms with van der Waals surface area (Å²) in [5.41, 5.74) is 1.59. The van der Waals surface area contributed by atoms with E-state index in [4.69, 9.17) is 0 Å². The molecule has 7 heteroatoms. The first kappa shape index (κ1) is 20.6. The third-order valence-corrected chi connectivity index (χ3v) is 5.81. The fraction of sp³-hybridized carbons (Fsp3) is 0.115. The van der Waals surface area contributed by atoms with Crippen molar-refractivity contribution in [1.29, 1.82) is 0 Å². The molecule has 5 aromatic rings. The number of rotatable bonds is 5. The molecule has 0 N–H and O–H groups in total. The van der Waals surface area contributed by atoms with Crippen LogP contribution in [-0.2, 0) is 6.54 Å². The second kappa shape index (κ2) is 8.35. The SMILES string of the molecule is CC(c1ccccc1)n1cnc2c1c(=O)n(Cc1ccccc1)c(=O)n2-c1cccc(F)c1.